The lowest BCUT2D eigenvalue weighted by Gasteiger charge is -2.28. The van der Waals surface area contributed by atoms with Gasteiger partial charge in [-0.05, 0) is 42.3 Å². The molecule has 0 saturated carbocycles. The number of hydrogen-bond acceptors (Lipinski definition) is 3. The molecule has 126 valence electrons. The van der Waals surface area contributed by atoms with Gasteiger partial charge in [0.2, 0.25) is 15.9 Å². The molecule has 2 aliphatic heterocycles. The molecule has 1 aromatic carbocycles. The Kier molecular flexibility index (Phi) is 3.51. The summed E-state index contributed by atoms with van der Waals surface area (Å²) in [6.07, 6.45) is 2.67. The number of sulfonamides is 1. The Labute approximate surface area is 141 Å². The van der Waals surface area contributed by atoms with Gasteiger partial charge in [0.15, 0.2) is 0 Å². The van der Waals surface area contributed by atoms with E-state index in [-0.39, 0.29) is 5.91 Å². The van der Waals surface area contributed by atoms with Crippen LogP contribution in [-0.4, -0.2) is 36.3 Å². The summed E-state index contributed by atoms with van der Waals surface area (Å²) in [5.41, 5.74) is 2.76. The van der Waals surface area contributed by atoms with Crippen LogP contribution in [0.2, 0.25) is 0 Å². The molecule has 0 aliphatic carbocycles. The Bertz CT molecular complexity index is 917. The van der Waals surface area contributed by atoms with Crippen molar-refractivity contribution in [2.75, 3.05) is 18.0 Å². The van der Waals surface area contributed by atoms with Crippen LogP contribution in [0.15, 0.2) is 41.4 Å². The minimum absolute atomic E-state index is 0.0128. The predicted octanol–water partition coefficient (Wildman–Crippen LogP) is 1.60. The molecule has 2 aromatic rings. The number of carbonyl (C=O) groups is 1. The summed E-state index contributed by atoms with van der Waals surface area (Å²) in [4.78, 5) is 13.6. The van der Waals surface area contributed by atoms with Crippen molar-refractivity contribution in [1.82, 2.24) is 8.87 Å². The van der Waals surface area contributed by atoms with Gasteiger partial charge in [-0.15, -0.1) is 0 Å². The van der Waals surface area contributed by atoms with Gasteiger partial charge in [0.25, 0.3) is 0 Å². The number of rotatable bonds is 2. The van der Waals surface area contributed by atoms with Crippen molar-refractivity contribution in [2.45, 2.75) is 31.3 Å². The molecule has 1 amide bonds. The summed E-state index contributed by atoms with van der Waals surface area (Å²) < 4.78 is 29.6. The fourth-order valence-electron chi connectivity index (χ4n) is 3.51. The first kappa shape index (κ1) is 15.4. The van der Waals surface area contributed by atoms with E-state index < -0.39 is 10.0 Å². The molecule has 0 saturated heterocycles. The van der Waals surface area contributed by atoms with Crippen LogP contribution in [0.1, 0.15) is 18.2 Å². The van der Waals surface area contributed by atoms with Crippen LogP contribution in [0.4, 0.5) is 5.69 Å². The van der Waals surface area contributed by atoms with Crippen LogP contribution in [0.3, 0.4) is 0 Å². The molecular weight excluding hydrogens is 326 g/mol. The topological polar surface area (TPSA) is 62.6 Å². The molecule has 1 aromatic heterocycles. The summed E-state index contributed by atoms with van der Waals surface area (Å²) in [6.45, 7) is 3.69. The Balaban J connectivity index is 1.65. The Morgan fingerprint density at radius 1 is 1.12 bits per heavy atom. The minimum Gasteiger partial charge on any atom is -0.349 e. The Hall–Kier alpha value is -2.12. The van der Waals surface area contributed by atoms with E-state index in [1.54, 1.807) is 23.1 Å². The van der Waals surface area contributed by atoms with Crippen LogP contribution in [-0.2, 0) is 34.3 Å². The summed E-state index contributed by atoms with van der Waals surface area (Å²) in [5, 5.41) is 0. The average Bonchev–Trinajstić information content (AvgIpc) is 3.19. The van der Waals surface area contributed by atoms with Crippen molar-refractivity contribution in [2.24, 2.45) is 0 Å². The lowest BCUT2D eigenvalue weighted by Crippen LogP contribution is -2.37. The minimum atomic E-state index is -3.53. The van der Waals surface area contributed by atoms with Crippen LogP contribution in [0.25, 0.3) is 0 Å². The molecule has 7 heteroatoms. The van der Waals surface area contributed by atoms with Gasteiger partial charge in [0.05, 0.1) is 11.4 Å². The quantitative estimate of drug-likeness (QED) is 0.831. The number of benzene rings is 1. The molecular formula is C17H19N3O3S. The SMILES string of the molecule is CC(=O)N1CCc2cc(S(=O)(=O)N3CCn4cccc4C3)ccc21. The fraction of sp³-hybridized carbons (Fsp3) is 0.353. The van der Waals surface area contributed by atoms with Crippen molar-refractivity contribution in [1.29, 1.82) is 0 Å². The van der Waals surface area contributed by atoms with Crippen molar-refractivity contribution < 1.29 is 13.2 Å². The second-order valence-corrected chi connectivity index (χ2v) is 8.18. The second-order valence-electron chi connectivity index (χ2n) is 6.24. The van der Waals surface area contributed by atoms with Gasteiger partial charge in [0, 0.05) is 44.1 Å². The first-order chi connectivity index (χ1) is 11.5. The van der Waals surface area contributed by atoms with Gasteiger partial charge < -0.3 is 9.47 Å². The first-order valence-corrected chi connectivity index (χ1v) is 9.46. The lowest BCUT2D eigenvalue weighted by atomic mass is 10.2. The van der Waals surface area contributed by atoms with E-state index in [4.69, 9.17) is 0 Å². The van der Waals surface area contributed by atoms with Crippen LogP contribution >= 0.6 is 0 Å². The van der Waals surface area contributed by atoms with Crippen LogP contribution < -0.4 is 4.90 Å². The summed E-state index contributed by atoms with van der Waals surface area (Å²) in [6, 6.07) is 8.99. The number of fused-ring (bicyclic) bond motifs is 2. The molecule has 3 heterocycles. The van der Waals surface area contributed by atoms with Gasteiger partial charge in [-0.25, -0.2) is 8.42 Å². The van der Waals surface area contributed by atoms with E-state index >= 15 is 0 Å². The number of hydrogen-bond donors (Lipinski definition) is 0. The van der Waals surface area contributed by atoms with Crippen molar-refractivity contribution in [3.8, 4) is 0 Å². The van der Waals surface area contributed by atoms with E-state index in [0.29, 0.717) is 37.5 Å². The molecule has 4 rings (SSSR count). The average molecular weight is 345 g/mol. The van der Waals surface area contributed by atoms with Crippen molar-refractivity contribution in [3.05, 3.63) is 47.8 Å². The highest BCUT2D eigenvalue weighted by molar-refractivity contribution is 7.89. The number of anilines is 1. The molecule has 0 N–H and O–H groups in total. The highest BCUT2D eigenvalue weighted by Crippen LogP contribution is 2.31. The van der Waals surface area contributed by atoms with Gasteiger partial charge in [-0.2, -0.15) is 4.31 Å². The zero-order valence-corrected chi connectivity index (χ0v) is 14.3. The largest absolute Gasteiger partial charge is 0.349 e. The van der Waals surface area contributed by atoms with Gasteiger partial charge >= 0.3 is 0 Å². The van der Waals surface area contributed by atoms with E-state index in [2.05, 4.69) is 4.57 Å². The second kappa shape index (κ2) is 5.46. The van der Waals surface area contributed by atoms with Gasteiger partial charge in [-0.1, -0.05) is 0 Å². The normalized spacial score (nSPS) is 17.6. The maximum absolute atomic E-state index is 13.0. The number of aromatic nitrogens is 1. The highest BCUT2D eigenvalue weighted by Gasteiger charge is 2.30. The van der Waals surface area contributed by atoms with Gasteiger partial charge in [0.1, 0.15) is 0 Å². The van der Waals surface area contributed by atoms with Crippen molar-refractivity contribution in [3.63, 3.8) is 0 Å². The highest BCUT2D eigenvalue weighted by atomic mass is 32.2. The van der Waals surface area contributed by atoms with E-state index in [1.807, 2.05) is 18.3 Å². The maximum atomic E-state index is 13.0. The molecule has 0 radical (unpaired) electrons. The van der Waals surface area contributed by atoms with Crippen LogP contribution in [0, 0.1) is 0 Å². The van der Waals surface area contributed by atoms with Crippen LogP contribution in [0.5, 0.6) is 0 Å². The zero-order chi connectivity index (χ0) is 16.9. The predicted molar refractivity (Wildman–Crippen MR) is 90.2 cm³/mol. The molecule has 6 nitrogen and oxygen atoms in total. The third kappa shape index (κ3) is 2.35. The number of amides is 1. The van der Waals surface area contributed by atoms with E-state index in [9.17, 15) is 13.2 Å². The Morgan fingerprint density at radius 3 is 2.75 bits per heavy atom. The first-order valence-electron chi connectivity index (χ1n) is 8.02. The smallest absolute Gasteiger partial charge is 0.243 e. The third-order valence-electron chi connectivity index (χ3n) is 4.82. The molecule has 2 aliphatic rings. The molecule has 0 atom stereocenters. The van der Waals surface area contributed by atoms with E-state index in [0.717, 1.165) is 16.9 Å². The summed E-state index contributed by atoms with van der Waals surface area (Å²) in [5.74, 6) is -0.0128. The molecule has 24 heavy (non-hydrogen) atoms. The molecule has 0 fully saturated rings. The van der Waals surface area contributed by atoms with Crippen molar-refractivity contribution >= 4 is 21.6 Å². The summed E-state index contributed by atoms with van der Waals surface area (Å²) >= 11 is 0. The maximum Gasteiger partial charge on any atom is 0.243 e. The third-order valence-corrected chi connectivity index (χ3v) is 6.66. The number of nitrogens with zero attached hydrogens (tertiary/aromatic N) is 3. The molecule has 0 spiro atoms. The fourth-order valence-corrected chi connectivity index (χ4v) is 4.96. The van der Waals surface area contributed by atoms with E-state index in [1.165, 1.54) is 11.2 Å². The molecule has 0 unspecified atom stereocenters. The zero-order valence-electron chi connectivity index (χ0n) is 13.5. The monoisotopic (exact) mass is 345 g/mol. The molecule has 0 bridgehead atoms. The van der Waals surface area contributed by atoms with Gasteiger partial charge in [-0.3, -0.25) is 4.79 Å². The number of carbonyl (C=O) groups excluding carboxylic acids is 1. The standard InChI is InChI=1S/C17H19N3O3S/c1-13(21)20-8-6-14-11-16(4-5-17(14)20)24(22,23)19-10-9-18-7-2-3-15(18)12-19/h2-5,7,11H,6,8-10,12H2,1H3. The summed E-state index contributed by atoms with van der Waals surface area (Å²) in [7, 11) is -3.53. The lowest BCUT2D eigenvalue weighted by molar-refractivity contribution is -0.116. The Morgan fingerprint density at radius 2 is 1.96 bits per heavy atom.